The molecule has 2 atom stereocenters. The lowest BCUT2D eigenvalue weighted by molar-refractivity contribution is 0.0636. The van der Waals surface area contributed by atoms with Crippen LogP contribution in [0.25, 0.3) is 0 Å². The van der Waals surface area contributed by atoms with Gasteiger partial charge in [0.2, 0.25) is 0 Å². The molecule has 5 heteroatoms. The Balaban J connectivity index is 1.65. The summed E-state index contributed by atoms with van der Waals surface area (Å²) in [5.41, 5.74) is 3.99. The van der Waals surface area contributed by atoms with Crippen molar-refractivity contribution in [3.05, 3.63) is 53.5 Å². The van der Waals surface area contributed by atoms with E-state index in [1.807, 2.05) is 39.0 Å². The van der Waals surface area contributed by atoms with Crippen LogP contribution >= 0.6 is 0 Å². The Labute approximate surface area is 148 Å². The fraction of sp³-hybridized carbons (Fsp3) is 0.450. The summed E-state index contributed by atoms with van der Waals surface area (Å²) in [6.07, 6.45) is 5.10. The minimum atomic E-state index is -0.501. The molecule has 2 N–H and O–H groups in total. The van der Waals surface area contributed by atoms with Crippen LogP contribution in [0.15, 0.2) is 41.2 Å². The van der Waals surface area contributed by atoms with Gasteiger partial charge in [0.15, 0.2) is 0 Å². The van der Waals surface area contributed by atoms with E-state index in [1.54, 1.807) is 12.5 Å². The molecule has 0 bridgehead atoms. The molecule has 5 nitrogen and oxygen atoms in total. The number of ether oxygens (including phenoxy) is 1. The van der Waals surface area contributed by atoms with Crippen LogP contribution in [-0.4, -0.2) is 11.7 Å². The summed E-state index contributed by atoms with van der Waals surface area (Å²) in [6, 6.07) is 8.61. The number of furan rings is 1. The number of hydrogen-bond acceptors (Lipinski definition) is 4. The standard InChI is InChI=1S/C20H26N2O3/c1-13(15-9-10-24-12-15)21-18-8-5-14-11-16(6-7-17(14)18)22-19(23)25-20(2,3)4/h6-7,9-13,18,21H,5,8H2,1-4H3,(H,22,23). The van der Waals surface area contributed by atoms with Gasteiger partial charge in [0.05, 0.1) is 12.5 Å². The van der Waals surface area contributed by atoms with Crippen molar-refractivity contribution in [1.82, 2.24) is 5.32 Å². The first-order valence-corrected chi connectivity index (χ1v) is 8.73. The summed E-state index contributed by atoms with van der Waals surface area (Å²) < 4.78 is 10.5. The number of fused-ring (bicyclic) bond motifs is 1. The van der Waals surface area contributed by atoms with Crippen molar-refractivity contribution in [3.8, 4) is 0 Å². The number of aryl methyl sites for hydroxylation is 1. The summed E-state index contributed by atoms with van der Waals surface area (Å²) in [4.78, 5) is 11.9. The molecule has 25 heavy (non-hydrogen) atoms. The lowest BCUT2D eigenvalue weighted by Crippen LogP contribution is -2.27. The van der Waals surface area contributed by atoms with E-state index < -0.39 is 11.7 Å². The number of carbonyl (C=O) groups is 1. The van der Waals surface area contributed by atoms with E-state index in [2.05, 4.69) is 23.6 Å². The molecule has 0 saturated heterocycles. The molecule has 1 aliphatic rings. The number of carbonyl (C=O) groups excluding carboxylic acids is 1. The summed E-state index contributed by atoms with van der Waals surface area (Å²) in [7, 11) is 0. The van der Waals surface area contributed by atoms with Gasteiger partial charge >= 0.3 is 6.09 Å². The third-order valence-electron chi connectivity index (χ3n) is 4.36. The van der Waals surface area contributed by atoms with Gasteiger partial charge in [-0.25, -0.2) is 4.79 Å². The van der Waals surface area contributed by atoms with Crippen molar-refractivity contribution < 1.29 is 13.9 Å². The van der Waals surface area contributed by atoms with Crippen molar-refractivity contribution in [2.75, 3.05) is 5.32 Å². The van der Waals surface area contributed by atoms with E-state index in [0.29, 0.717) is 6.04 Å². The van der Waals surface area contributed by atoms with Crippen molar-refractivity contribution in [1.29, 1.82) is 0 Å². The predicted octanol–water partition coefficient (Wildman–Crippen LogP) is 4.96. The first-order chi connectivity index (χ1) is 11.8. The number of benzene rings is 1. The third kappa shape index (κ3) is 4.42. The van der Waals surface area contributed by atoms with Crippen molar-refractivity contribution in [3.63, 3.8) is 0 Å². The van der Waals surface area contributed by atoms with E-state index in [-0.39, 0.29) is 6.04 Å². The zero-order valence-corrected chi connectivity index (χ0v) is 15.3. The van der Waals surface area contributed by atoms with E-state index in [9.17, 15) is 4.79 Å². The number of anilines is 1. The first kappa shape index (κ1) is 17.5. The molecule has 3 rings (SSSR count). The second kappa shape index (κ2) is 6.92. The van der Waals surface area contributed by atoms with Crippen molar-refractivity contribution in [2.24, 2.45) is 0 Å². The van der Waals surface area contributed by atoms with E-state index in [4.69, 9.17) is 9.15 Å². The highest BCUT2D eigenvalue weighted by molar-refractivity contribution is 5.85. The quantitative estimate of drug-likeness (QED) is 0.824. The van der Waals surface area contributed by atoms with Gasteiger partial charge in [0.1, 0.15) is 5.60 Å². The normalized spacial score (nSPS) is 17.8. The Morgan fingerprint density at radius 1 is 1.32 bits per heavy atom. The zero-order valence-electron chi connectivity index (χ0n) is 15.3. The second-order valence-electron chi connectivity index (χ2n) is 7.58. The van der Waals surface area contributed by atoms with Crippen LogP contribution in [0.4, 0.5) is 10.5 Å². The van der Waals surface area contributed by atoms with Crippen LogP contribution in [0.5, 0.6) is 0 Å². The van der Waals surface area contributed by atoms with Gasteiger partial charge in [0.25, 0.3) is 0 Å². The monoisotopic (exact) mass is 342 g/mol. The molecule has 134 valence electrons. The van der Waals surface area contributed by atoms with E-state index in [0.717, 1.165) is 24.1 Å². The van der Waals surface area contributed by atoms with Crippen LogP contribution in [0.2, 0.25) is 0 Å². The lowest BCUT2D eigenvalue weighted by Gasteiger charge is -2.21. The first-order valence-electron chi connectivity index (χ1n) is 8.73. The molecule has 2 aromatic rings. The number of nitrogens with one attached hydrogen (secondary N) is 2. The highest BCUT2D eigenvalue weighted by Crippen LogP contribution is 2.34. The van der Waals surface area contributed by atoms with Crippen LogP contribution in [0.3, 0.4) is 0 Å². The summed E-state index contributed by atoms with van der Waals surface area (Å²) in [5.74, 6) is 0. The molecule has 0 saturated carbocycles. The molecular weight excluding hydrogens is 316 g/mol. The van der Waals surface area contributed by atoms with Gasteiger partial charge in [-0.3, -0.25) is 5.32 Å². The average Bonchev–Trinajstić information content (AvgIpc) is 3.15. The summed E-state index contributed by atoms with van der Waals surface area (Å²) in [6.45, 7) is 7.70. The Kier molecular flexibility index (Phi) is 4.86. The van der Waals surface area contributed by atoms with Crippen LogP contribution < -0.4 is 10.6 Å². The molecule has 0 radical (unpaired) electrons. The maximum absolute atomic E-state index is 11.9. The maximum Gasteiger partial charge on any atom is 0.412 e. The Morgan fingerprint density at radius 3 is 2.80 bits per heavy atom. The van der Waals surface area contributed by atoms with Crippen LogP contribution in [-0.2, 0) is 11.2 Å². The van der Waals surface area contributed by atoms with E-state index in [1.165, 1.54) is 11.1 Å². The lowest BCUT2D eigenvalue weighted by atomic mass is 10.1. The van der Waals surface area contributed by atoms with E-state index >= 15 is 0 Å². The Bertz CT molecular complexity index is 732. The molecule has 1 aliphatic carbocycles. The smallest absolute Gasteiger partial charge is 0.412 e. The SMILES string of the molecule is CC(NC1CCc2cc(NC(=O)OC(C)(C)C)ccc21)c1ccoc1. The molecule has 0 fully saturated rings. The van der Waals surface area contributed by atoms with Gasteiger partial charge in [0, 0.05) is 23.3 Å². The highest BCUT2D eigenvalue weighted by Gasteiger charge is 2.25. The average molecular weight is 342 g/mol. The van der Waals surface area contributed by atoms with Gasteiger partial charge in [-0.1, -0.05) is 6.07 Å². The third-order valence-corrected chi connectivity index (χ3v) is 4.36. The largest absolute Gasteiger partial charge is 0.472 e. The second-order valence-corrected chi connectivity index (χ2v) is 7.58. The van der Waals surface area contributed by atoms with Crippen molar-refractivity contribution in [2.45, 2.75) is 58.2 Å². The van der Waals surface area contributed by atoms with Gasteiger partial charge in [-0.15, -0.1) is 0 Å². The van der Waals surface area contributed by atoms with Crippen LogP contribution in [0.1, 0.15) is 62.9 Å². The Hall–Kier alpha value is -2.27. The molecule has 1 amide bonds. The number of rotatable bonds is 4. The molecule has 0 aliphatic heterocycles. The van der Waals surface area contributed by atoms with Gasteiger partial charge in [-0.2, -0.15) is 0 Å². The number of amides is 1. The van der Waals surface area contributed by atoms with Crippen molar-refractivity contribution >= 4 is 11.8 Å². The minimum absolute atomic E-state index is 0.231. The summed E-state index contributed by atoms with van der Waals surface area (Å²) >= 11 is 0. The Morgan fingerprint density at radius 2 is 2.12 bits per heavy atom. The maximum atomic E-state index is 11.9. The number of hydrogen-bond donors (Lipinski definition) is 2. The molecule has 2 unspecified atom stereocenters. The fourth-order valence-electron chi connectivity index (χ4n) is 3.21. The van der Waals surface area contributed by atoms with Gasteiger partial charge < -0.3 is 14.5 Å². The molecule has 0 spiro atoms. The molecule has 1 heterocycles. The predicted molar refractivity (Wildman–Crippen MR) is 97.6 cm³/mol. The molecule has 1 aromatic carbocycles. The fourth-order valence-corrected chi connectivity index (χ4v) is 3.21. The summed E-state index contributed by atoms with van der Waals surface area (Å²) in [5, 5.41) is 6.47. The molecule has 1 aromatic heterocycles. The molecular formula is C20H26N2O3. The minimum Gasteiger partial charge on any atom is -0.472 e. The van der Waals surface area contributed by atoms with Crippen LogP contribution in [0, 0.1) is 0 Å². The highest BCUT2D eigenvalue weighted by atomic mass is 16.6. The zero-order chi connectivity index (χ0) is 18.0. The topological polar surface area (TPSA) is 63.5 Å². The van der Waals surface area contributed by atoms with Gasteiger partial charge in [-0.05, 0) is 69.9 Å².